The highest BCUT2D eigenvalue weighted by atomic mass is 19.1. The van der Waals surface area contributed by atoms with Gasteiger partial charge < -0.3 is 5.32 Å². The van der Waals surface area contributed by atoms with Crippen LogP contribution in [0.3, 0.4) is 0 Å². The lowest BCUT2D eigenvalue weighted by Crippen LogP contribution is -2.39. The van der Waals surface area contributed by atoms with Gasteiger partial charge in [-0.3, -0.25) is 4.79 Å². The number of hydrogen-bond acceptors (Lipinski definition) is 1. The van der Waals surface area contributed by atoms with Crippen molar-refractivity contribution < 1.29 is 9.18 Å². The highest BCUT2D eigenvalue weighted by molar-refractivity contribution is 5.81. The second kappa shape index (κ2) is 5.51. The van der Waals surface area contributed by atoms with Gasteiger partial charge in [-0.2, -0.15) is 0 Å². The first-order valence-electron chi connectivity index (χ1n) is 6.28. The number of nitrogens with one attached hydrogen (secondary N) is 1. The molecule has 1 rings (SSSR count). The van der Waals surface area contributed by atoms with Crippen LogP contribution in [-0.2, 0) is 4.79 Å². The predicted molar refractivity (Wildman–Crippen MR) is 71.6 cm³/mol. The first-order valence-corrected chi connectivity index (χ1v) is 6.28. The van der Waals surface area contributed by atoms with Gasteiger partial charge in [-0.25, -0.2) is 4.39 Å². The quantitative estimate of drug-likeness (QED) is 0.872. The Hall–Kier alpha value is -1.38. The molecule has 18 heavy (non-hydrogen) atoms. The lowest BCUT2D eigenvalue weighted by molar-refractivity contribution is -0.129. The molecule has 1 atom stereocenters. The van der Waals surface area contributed by atoms with Crippen molar-refractivity contribution in [3.05, 3.63) is 35.6 Å². The molecule has 1 aromatic carbocycles. The number of carbonyl (C=O) groups excluding carboxylic acids is 1. The maximum absolute atomic E-state index is 12.9. The van der Waals surface area contributed by atoms with E-state index in [9.17, 15) is 9.18 Å². The summed E-state index contributed by atoms with van der Waals surface area (Å²) in [5.41, 5.74) is 0.511. The van der Waals surface area contributed by atoms with Gasteiger partial charge in [0.15, 0.2) is 0 Å². The van der Waals surface area contributed by atoms with E-state index in [1.807, 2.05) is 34.6 Å². The van der Waals surface area contributed by atoms with Crippen molar-refractivity contribution in [2.24, 2.45) is 11.3 Å². The van der Waals surface area contributed by atoms with Gasteiger partial charge in [0.25, 0.3) is 0 Å². The Morgan fingerprint density at radius 3 is 2.06 bits per heavy atom. The Bertz CT molecular complexity index is 403. The van der Waals surface area contributed by atoms with Crippen LogP contribution in [0.15, 0.2) is 24.3 Å². The molecule has 0 aliphatic rings. The summed E-state index contributed by atoms with van der Waals surface area (Å²) >= 11 is 0. The van der Waals surface area contributed by atoms with Crippen LogP contribution in [0.4, 0.5) is 4.39 Å². The van der Waals surface area contributed by atoms with Gasteiger partial charge in [-0.05, 0) is 23.6 Å². The molecule has 100 valence electrons. The van der Waals surface area contributed by atoms with Gasteiger partial charge in [0.1, 0.15) is 5.82 Å². The first-order chi connectivity index (χ1) is 8.21. The van der Waals surface area contributed by atoms with Crippen molar-refractivity contribution in [2.75, 3.05) is 0 Å². The van der Waals surface area contributed by atoms with E-state index in [2.05, 4.69) is 5.32 Å². The average Bonchev–Trinajstić information content (AvgIpc) is 2.25. The maximum Gasteiger partial charge on any atom is 0.225 e. The Balaban J connectivity index is 2.91. The zero-order chi connectivity index (χ0) is 13.9. The molecular formula is C15H22FNO. The van der Waals surface area contributed by atoms with E-state index in [0.717, 1.165) is 5.56 Å². The minimum absolute atomic E-state index is 0.00512. The second-order valence-corrected chi connectivity index (χ2v) is 6.00. The lowest BCUT2D eigenvalue weighted by Gasteiger charge is -2.27. The smallest absolute Gasteiger partial charge is 0.225 e. The zero-order valence-electron chi connectivity index (χ0n) is 11.8. The number of carbonyl (C=O) groups is 1. The van der Waals surface area contributed by atoms with E-state index in [-0.39, 0.29) is 23.7 Å². The molecular weight excluding hydrogens is 229 g/mol. The molecule has 0 heterocycles. The van der Waals surface area contributed by atoms with E-state index < -0.39 is 5.41 Å². The number of hydrogen-bond donors (Lipinski definition) is 1. The monoisotopic (exact) mass is 251 g/mol. The molecule has 0 aliphatic carbocycles. The summed E-state index contributed by atoms with van der Waals surface area (Å²) in [6.07, 6.45) is 0. The van der Waals surface area contributed by atoms with Crippen molar-refractivity contribution in [3.8, 4) is 0 Å². The summed E-state index contributed by atoms with van der Waals surface area (Å²) < 4.78 is 12.9. The number of halogens is 1. The molecule has 1 unspecified atom stereocenters. The average molecular weight is 251 g/mol. The van der Waals surface area contributed by atoms with Crippen LogP contribution in [0.25, 0.3) is 0 Å². The van der Waals surface area contributed by atoms with E-state index in [1.54, 1.807) is 12.1 Å². The van der Waals surface area contributed by atoms with Crippen molar-refractivity contribution in [1.29, 1.82) is 0 Å². The second-order valence-electron chi connectivity index (χ2n) is 6.00. The predicted octanol–water partition coefficient (Wildman–Crippen LogP) is 3.69. The molecule has 2 nitrogen and oxygen atoms in total. The fourth-order valence-corrected chi connectivity index (χ4v) is 1.66. The molecule has 0 spiro atoms. The minimum Gasteiger partial charge on any atom is -0.349 e. The standard InChI is InChI=1S/C15H22FNO/c1-10(2)13(17-14(18)15(3,4)5)11-6-8-12(16)9-7-11/h6-10,13H,1-5H3,(H,17,18). The lowest BCUT2D eigenvalue weighted by atomic mass is 9.91. The van der Waals surface area contributed by atoms with E-state index in [0.29, 0.717) is 0 Å². The topological polar surface area (TPSA) is 29.1 Å². The van der Waals surface area contributed by atoms with Crippen LogP contribution in [-0.4, -0.2) is 5.91 Å². The van der Waals surface area contributed by atoms with Crippen molar-refractivity contribution in [1.82, 2.24) is 5.32 Å². The molecule has 0 saturated carbocycles. The minimum atomic E-state index is -0.423. The van der Waals surface area contributed by atoms with Gasteiger partial charge in [0.2, 0.25) is 5.91 Å². The summed E-state index contributed by atoms with van der Waals surface area (Å²) in [6, 6.07) is 6.21. The largest absolute Gasteiger partial charge is 0.349 e. The molecule has 0 aromatic heterocycles. The third-order valence-corrected chi connectivity index (χ3v) is 2.86. The molecule has 1 aromatic rings. The summed E-state index contributed by atoms with van der Waals surface area (Å²) in [7, 11) is 0. The summed E-state index contributed by atoms with van der Waals surface area (Å²) in [5, 5.41) is 3.03. The molecule has 1 amide bonds. The van der Waals surface area contributed by atoms with Crippen LogP contribution in [0.5, 0.6) is 0 Å². The van der Waals surface area contributed by atoms with Gasteiger partial charge in [0, 0.05) is 5.41 Å². The Morgan fingerprint density at radius 1 is 1.17 bits per heavy atom. The van der Waals surface area contributed by atoms with Gasteiger partial charge in [-0.15, -0.1) is 0 Å². The summed E-state index contributed by atoms with van der Waals surface area (Å²) in [6.45, 7) is 9.72. The van der Waals surface area contributed by atoms with E-state index in [4.69, 9.17) is 0 Å². The van der Waals surface area contributed by atoms with Crippen molar-refractivity contribution >= 4 is 5.91 Å². The Kier molecular flexibility index (Phi) is 4.49. The number of rotatable bonds is 3. The first kappa shape index (κ1) is 14.7. The molecule has 0 aliphatic heterocycles. The zero-order valence-corrected chi connectivity index (χ0v) is 11.8. The number of amides is 1. The summed E-state index contributed by atoms with van der Waals surface area (Å²) in [5.74, 6) is -0.00399. The highest BCUT2D eigenvalue weighted by Crippen LogP contribution is 2.24. The Labute approximate surface area is 109 Å². The molecule has 0 fully saturated rings. The molecule has 0 saturated heterocycles. The van der Waals surface area contributed by atoms with Crippen LogP contribution in [0.2, 0.25) is 0 Å². The van der Waals surface area contributed by atoms with Gasteiger partial charge >= 0.3 is 0 Å². The van der Waals surface area contributed by atoms with E-state index >= 15 is 0 Å². The van der Waals surface area contributed by atoms with E-state index in [1.165, 1.54) is 12.1 Å². The fourth-order valence-electron chi connectivity index (χ4n) is 1.66. The van der Waals surface area contributed by atoms with Crippen molar-refractivity contribution in [3.63, 3.8) is 0 Å². The normalized spacial score (nSPS) is 13.5. The van der Waals surface area contributed by atoms with Gasteiger partial charge in [-0.1, -0.05) is 46.8 Å². The highest BCUT2D eigenvalue weighted by Gasteiger charge is 2.26. The third kappa shape index (κ3) is 3.83. The van der Waals surface area contributed by atoms with Crippen molar-refractivity contribution in [2.45, 2.75) is 40.7 Å². The molecule has 0 bridgehead atoms. The van der Waals surface area contributed by atoms with Crippen LogP contribution < -0.4 is 5.32 Å². The number of benzene rings is 1. The fraction of sp³-hybridized carbons (Fsp3) is 0.533. The van der Waals surface area contributed by atoms with Crippen LogP contribution >= 0.6 is 0 Å². The maximum atomic E-state index is 12.9. The molecule has 0 radical (unpaired) electrons. The SMILES string of the molecule is CC(C)C(NC(=O)C(C)(C)C)c1ccc(F)cc1. The summed E-state index contributed by atoms with van der Waals surface area (Å²) in [4.78, 5) is 12.0. The van der Waals surface area contributed by atoms with Crippen LogP contribution in [0.1, 0.15) is 46.2 Å². The van der Waals surface area contributed by atoms with Gasteiger partial charge in [0.05, 0.1) is 6.04 Å². The third-order valence-electron chi connectivity index (χ3n) is 2.86. The molecule has 3 heteroatoms. The van der Waals surface area contributed by atoms with Crippen LogP contribution in [0, 0.1) is 17.2 Å². The molecule has 1 N–H and O–H groups in total. The Morgan fingerprint density at radius 2 is 1.67 bits per heavy atom.